The van der Waals surface area contributed by atoms with Gasteiger partial charge in [0.1, 0.15) is 5.78 Å². The van der Waals surface area contributed by atoms with Crippen molar-refractivity contribution < 1.29 is 9.90 Å². The maximum atomic E-state index is 12.2. The quantitative estimate of drug-likeness (QED) is 0.621. The van der Waals surface area contributed by atoms with Crippen LogP contribution in [0.25, 0.3) is 0 Å². The largest absolute Gasteiger partial charge is 0.389 e. The topological polar surface area (TPSA) is 37.3 Å². The van der Waals surface area contributed by atoms with E-state index in [4.69, 9.17) is 0 Å². The zero-order valence-corrected chi connectivity index (χ0v) is 17.8. The second kappa shape index (κ2) is 6.06. The van der Waals surface area contributed by atoms with E-state index in [1.54, 1.807) is 0 Å². The van der Waals surface area contributed by atoms with Gasteiger partial charge in [-0.1, -0.05) is 29.8 Å². The molecule has 4 rings (SSSR count). The van der Waals surface area contributed by atoms with Crippen LogP contribution in [0.15, 0.2) is 0 Å². The molecule has 0 spiro atoms. The Labute approximate surface area is 161 Å². The van der Waals surface area contributed by atoms with Gasteiger partial charge in [-0.3, -0.25) is 4.79 Å². The Bertz CT molecular complexity index is 562. The minimum absolute atomic E-state index is 0.265. The van der Waals surface area contributed by atoms with Crippen LogP contribution in [-0.2, 0) is 4.79 Å². The van der Waals surface area contributed by atoms with Crippen molar-refractivity contribution in [3.8, 4) is 0 Å². The van der Waals surface area contributed by atoms with Crippen molar-refractivity contribution in [1.29, 1.82) is 0 Å². The van der Waals surface area contributed by atoms with Gasteiger partial charge in [-0.2, -0.15) is 0 Å². The van der Waals surface area contributed by atoms with E-state index in [1.807, 2.05) is 6.92 Å². The molecule has 0 saturated heterocycles. The summed E-state index contributed by atoms with van der Waals surface area (Å²) in [6.45, 7) is 6.80. The van der Waals surface area contributed by atoms with E-state index in [0.29, 0.717) is 23.0 Å². The molecule has 0 radical (unpaired) electrons. The van der Waals surface area contributed by atoms with E-state index in [0.717, 1.165) is 42.3 Å². The number of halogens is 1. The highest BCUT2D eigenvalue weighted by Gasteiger charge is 2.61. The molecular formula is C22H35BrO2. The molecule has 4 aliphatic carbocycles. The summed E-state index contributed by atoms with van der Waals surface area (Å²) in [5, 5.41) is 11.6. The monoisotopic (exact) mass is 410 g/mol. The van der Waals surface area contributed by atoms with Crippen LogP contribution in [-0.4, -0.2) is 21.8 Å². The summed E-state index contributed by atoms with van der Waals surface area (Å²) >= 11 is 3.55. The Morgan fingerprint density at radius 2 is 1.72 bits per heavy atom. The summed E-state index contributed by atoms with van der Waals surface area (Å²) in [4.78, 5) is 12.2. The molecular weight excluding hydrogens is 376 g/mol. The van der Waals surface area contributed by atoms with E-state index in [9.17, 15) is 9.90 Å². The molecule has 0 aromatic rings. The predicted octanol–water partition coefficient (Wildman–Crippen LogP) is 5.36. The molecule has 2 nitrogen and oxygen atoms in total. The molecule has 0 aliphatic heterocycles. The third kappa shape index (κ3) is 2.62. The molecule has 8 atom stereocenters. The highest BCUT2D eigenvalue weighted by Crippen LogP contribution is 2.68. The van der Waals surface area contributed by atoms with Gasteiger partial charge in [-0.15, -0.1) is 0 Å². The lowest BCUT2D eigenvalue weighted by molar-refractivity contribution is -0.149. The first kappa shape index (κ1) is 18.5. The molecule has 25 heavy (non-hydrogen) atoms. The van der Waals surface area contributed by atoms with Crippen LogP contribution in [0.3, 0.4) is 0 Å². The third-order valence-electron chi connectivity index (χ3n) is 9.56. The Hall–Kier alpha value is 0.110. The third-order valence-corrected chi connectivity index (χ3v) is 10.6. The first-order valence-electron chi connectivity index (χ1n) is 10.5. The number of Topliss-reactive ketones (excluding diaryl/α,β-unsaturated/α-hetero) is 1. The van der Waals surface area contributed by atoms with Gasteiger partial charge in [0.2, 0.25) is 0 Å². The lowest BCUT2D eigenvalue weighted by Crippen LogP contribution is -2.56. The lowest BCUT2D eigenvalue weighted by atomic mass is 9.44. The number of carbonyl (C=O) groups is 1. The summed E-state index contributed by atoms with van der Waals surface area (Å²) in [5.41, 5.74) is 0.196. The van der Waals surface area contributed by atoms with Crippen LogP contribution < -0.4 is 0 Å². The molecule has 0 unspecified atom stereocenters. The predicted molar refractivity (Wildman–Crippen MR) is 105 cm³/mol. The van der Waals surface area contributed by atoms with Crippen molar-refractivity contribution in [2.45, 2.75) is 84.2 Å². The number of hydrogen-bond donors (Lipinski definition) is 1. The molecule has 0 heterocycles. The zero-order chi connectivity index (χ0) is 18.0. The molecule has 0 aromatic carbocycles. The standard InChI is InChI=1S/C22H35BrO2/c1-14(24)17-6-7-18-16-5-4-15-12-22(25,13-23)11-10-20(15,2)19(16)8-9-21(17,18)3/h15-19,25H,4-13H2,1-3H3/t15-,16-,17+,18-,19-,20-,21+,22+/m0/s1. The second-order valence-electron chi connectivity index (χ2n) is 10.5. The summed E-state index contributed by atoms with van der Waals surface area (Å²) in [7, 11) is 0. The molecule has 142 valence electrons. The fourth-order valence-corrected chi connectivity index (χ4v) is 8.62. The van der Waals surface area contributed by atoms with Crippen molar-refractivity contribution in [2.24, 2.45) is 40.4 Å². The molecule has 4 aliphatic rings. The summed E-state index contributed by atoms with van der Waals surface area (Å²) < 4.78 is 0. The summed E-state index contributed by atoms with van der Waals surface area (Å²) in [6.07, 6.45) is 10.7. The van der Waals surface area contributed by atoms with Gasteiger partial charge < -0.3 is 5.11 Å². The van der Waals surface area contributed by atoms with E-state index in [1.165, 1.54) is 38.5 Å². The Kier molecular flexibility index (Phi) is 4.47. The van der Waals surface area contributed by atoms with Crippen molar-refractivity contribution in [3.63, 3.8) is 0 Å². The Morgan fingerprint density at radius 1 is 1.00 bits per heavy atom. The van der Waals surface area contributed by atoms with Crippen LogP contribution in [0.5, 0.6) is 0 Å². The van der Waals surface area contributed by atoms with Crippen molar-refractivity contribution in [1.82, 2.24) is 0 Å². The number of aliphatic hydroxyl groups is 1. The van der Waals surface area contributed by atoms with Crippen LogP contribution >= 0.6 is 15.9 Å². The highest BCUT2D eigenvalue weighted by molar-refractivity contribution is 9.09. The molecule has 0 aromatic heterocycles. The minimum Gasteiger partial charge on any atom is -0.389 e. The SMILES string of the molecule is CC(=O)[C@H]1CC[C@H]2[C@@H]3CC[C@H]4C[C@@](O)(CBr)CC[C@]4(C)[C@H]3CC[C@]12C. The van der Waals surface area contributed by atoms with Crippen LogP contribution in [0.1, 0.15) is 78.6 Å². The number of rotatable bonds is 2. The highest BCUT2D eigenvalue weighted by atomic mass is 79.9. The smallest absolute Gasteiger partial charge is 0.133 e. The van der Waals surface area contributed by atoms with E-state index in [-0.39, 0.29) is 5.41 Å². The fraction of sp³-hybridized carbons (Fsp3) is 0.955. The molecule has 0 bridgehead atoms. The van der Waals surface area contributed by atoms with Crippen LogP contribution in [0, 0.1) is 40.4 Å². The van der Waals surface area contributed by atoms with Gasteiger partial charge >= 0.3 is 0 Å². The normalized spacial score (nSPS) is 55.2. The molecule has 3 heteroatoms. The Morgan fingerprint density at radius 3 is 2.40 bits per heavy atom. The average Bonchev–Trinajstić information content (AvgIpc) is 2.93. The number of hydrogen-bond acceptors (Lipinski definition) is 2. The maximum Gasteiger partial charge on any atom is 0.133 e. The first-order valence-corrected chi connectivity index (χ1v) is 11.6. The van der Waals surface area contributed by atoms with E-state index in [2.05, 4.69) is 29.8 Å². The fourth-order valence-electron chi connectivity index (χ4n) is 8.11. The van der Waals surface area contributed by atoms with Gasteiger partial charge in [0, 0.05) is 11.2 Å². The van der Waals surface area contributed by atoms with Crippen molar-refractivity contribution >= 4 is 21.7 Å². The van der Waals surface area contributed by atoms with Gasteiger partial charge in [0.25, 0.3) is 0 Å². The van der Waals surface area contributed by atoms with Gasteiger partial charge in [0.15, 0.2) is 0 Å². The zero-order valence-electron chi connectivity index (χ0n) is 16.2. The van der Waals surface area contributed by atoms with E-state index >= 15 is 0 Å². The minimum atomic E-state index is -0.479. The second-order valence-corrected chi connectivity index (χ2v) is 11.1. The average molecular weight is 411 g/mol. The van der Waals surface area contributed by atoms with Crippen molar-refractivity contribution in [2.75, 3.05) is 5.33 Å². The van der Waals surface area contributed by atoms with E-state index < -0.39 is 5.60 Å². The van der Waals surface area contributed by atoms with Crippen molar-refractivity contribution in [3.05, 3.63) is 0 Å². The van der Waals surface area contributed by atoms with Gasteiger partial charge in [0.05, 0.1) is 5.60 Å². The number of fused-ring (bicyclic) bond motifs is 5. The number of ketones is 1. The first-order chi connectivity index (χ1) is 11.7. The summed E-state index contributed by atoms with van der Waals surface area (Å²) in [6, 6.07) is 0. The van der Waals surface area contributed by atoms with Crippen LogP contribution in [0.4, 0.5) is 0 Å². The molecule has 0 amide bonds. The maximum absolute atomic E-state index is 12.2. The van der Waals surface area contributed by atoms with Gasteiger partial charge in [-0.25, -0.2) is 0 Å². The van der Waals surface area contributed by atoms with Crippen LogP contribution in [0.2, 0.25) is 0 Å². The lowest BCUT2D eigenvalue weighted by Gasteiger charge is -2.62. The molecule has 4 fully saturated rings. The number of carbonyl (C=O) groups excluding carboxylic acids is 1. The molecule has 4 saturated carbocycles. The Balaban J connectivity index is 1.59. The summed E-state index contributed by atoms with van der Waals surface area (Å²) in [5.74, 6) is 3.82. The number of alkyl halides is 1. The molecule has 1 N–H and O–H groups in total. The van der Waals surface area contributed by atoms with Gasteiger partial charge in [-0.05, 0) is 99.2 Å².